The fourth-order valence-corrected chi connectivity index (χ4v) is 1.41. The summed E-state index contributed by atoms with van der Waals surface area (Å²) < 4.78 is 31.5. The molecule has 0 atom stereocenters. The molecule has 0 saturated heterocycles. The van der Waals surface area contributed by atoms with Gasteiger partial charge in [0.2, 0.25) is 5.91 Å². The summed E-state index contributed by atoms with van der Waals surface area (Å²) in [5, 5.41) is 2.45. The Morgan fingerprint density at radius 2 is 2.06 bits per heavy atom. The van der Waals surface area contributed by atoms with Crippen molar-refractivity contribution in [3.05, 3.63) is 23.8 Å². The van der Waals surface area contributed by atoms with Gasteiger partial charge in [-0.25, -0.2) is 8.78 Å². The van der Waals surface area contributed by atoms with Crippen molar-refractivity contribution in [2.75, 3.05) is 11.9 Å². The monoisotopic (exact) mass is 227 g/mol. The Balaban J connectivity index is 2.49. The third-order valence-electron chi connectivity index (χ3n) is 2.45. The molecule has 16 heavy (non-hydrogen) atoms. The number of anilines is 1. The van der Waals surface area contributed by atoms with E-state index in [-0.39, 0.29) is 24.0 Å². The zero-order valence-corrected chi connectivity index (χ0v) is 8.93. The molecule has 1 aliphatic rings. The highest BCUT2D eigenvalue weighted by Gasteiger charge is 2.33. The van der Waals surface area contributed by atoms with Gasteiger partial charge in [-0.05, 0) is 13.8 Å². The molecule has 0 radical (unpaired) electrons. The standard InChI is InChI=1S/C11H11F2NO2/c1-11(2)5-16-9-7(13)3-6(12)4-8(9)14-10(11)15/h3-4H,5H2,1-2H3,(H,14,15). The lowest BCUT2D eigenvalue weighted by atomic mass is 9.94. The Morgan fingerprint density at radius 3 is 2.75 bits per heavy atom. The van der Waals surface area contributed by atoms with Gasteiger partial charge in [-0.2, -0.15) is 0 Å². The molecule has 1 aliphatic heterocycles. The number of benzene rings is 1. The van der Waals surface area contributed by atoms with Crippen LogP contribution in [-0.2, 0) is 4.79 Å². The minimum Gasteiger partial charge on any atom is -0.487 e. The van der Waals surface area contributed by atoms with Gasteiger partial charge < -0.3 is 10.1 Å². The number of carbonyl (C=O) groups excluding carboxylic acids is 1. The molecule has 0 fully saturated rings. The van der Waals surface area contributed by atoms with Crippen LogP contribution >= 0.6 is 0 Å². The van der Waals surface area contributed by atoms with Gasteiger partial charge in [0.1, 0.15) is 12.4 Å². The van der Waals surface area contributed by atoms with Crippen LogP contribution in [-0.4, -0.2) is 12.5 Å². The van der Waals surface area contributed by atoms with Crippen LogP contribution < -0.4 is 10.1 Å². The van der Waals surface area contributed by atoms with E-state index in [4.69, 9.17) is 4.74 Å². The molecule has 2 rings (SSSR count). The molecule has 0 aliphatic carbocycles. The average molecular weight is 227 g/mol. The SMILES string of the molecule is CC1(C)COc2c(F)cc(F)cc2NC1=O. The topological polar surface area (TPSA) is 38.3 Å². The highest BCUT2D eigenvalue weighted by molar-refractivity contribution is 5.96. The molecule has 3 nitrogen and oxygen atoms in total. The third kappa shape index (κ3) is 1.73. The fourth-order valence-electron chi connectivity index (χ4n) is 1.41. The summed E-state index contributed by atoms with van der Waals surface area (Å²) in [6, 6.07) is 1.76. The number of halogens is 2. The number of hydrogen-bond donors (Lipinski definition) is 1. The largest absolute Gasteiger partial charge is 0.487 e. The van der Waals surface area contributed by atoms with Gasteiger partial charge in [-0.15, -0.1) is 0 Å². The number of amides is 1. The van der Waals surface area contributed by atoms with Crippen LogP contribution in [0, 0.1) is 17.0 Å². The van der Waals surface area contributed by atoms with Gasteiger partial charge in [0.25, 0.3) is 0 Å². The summed E-state index contributed by atoms with van der Waals surface area (Å²) in [7, 11) is 0. The molecule has 0 spiro atoms. The summed E-state index contributed by atoms with van der Waals surface area (Å²) in [6.07, 6.45) is 0. The predicted molar refractivity (Wildman–Crippen MR) is 54.3 cm³/mol. The average Bonchev–Trinajstić information content (AvgIpc) is 2.25. The molecular weight excluding hydrogens is 216 g/mol. The first-order valence-corrected chi connectivity index (χ1v) is 4.83. The second-order valence-electron chi connectivity index (χ2n) is 4.39. The van der Waals surface area contributed by atoms with Crippen molar-refractivity contribution in [1.82, 2.24) is 0 Å². The van der Waals surface area contributed by atoms with E-state index in [0.29, 0.717) is 0 Å². The van der Waals surface area contributed by atoms with E-state index in [2.05, 4.69) is 5.32 Å². The van der Waals surface area contributed by atoms with Crippen LogP contribution in [0.1, 0.15) is 13.8 Å². The maximum atomic E-state index is 13.4. The Hall–Kier alpha value is -1.65. The molecule has 86 valence electrons. The van der Waals surface area contributed by atoms with E-state index in [1.165, 1.54) is 0 Å². The van der Waals surface area contributed by atoms with Gasteiger partial charge in [0.15, 0.2) is 11.6 Å². The second-order valence-corrected chi connectivity index (χ2v) is 4.39. The zero-order valence-electron chi connectivity index (χ0n) is 8.93. The number of hydrogen-bond acceptors (Lipinski definition) is 2. The van der Waals surface area contributed by atoms with Crippen LogP contribution in [0.2, 0.25) is 0 Å². The Kier molecular flexibility index (Phi) is 2.33. The smallest absolute Gasteiger partial charge is 0.233 e. The first-order valence-electron chi connectivity index (χ1n) is 4.83. The van der Waals surface area contributed by atoms with Gasteiger partial charge >= 0.3 is 0 Å². The van der Waals surface area contributed by atoms with E-state index in [1.807, 2.05) is 0 Å². The summed E-state index contributed by atoms with van der Waals surface area (Å²) in [5.74, 6) is -2.00. The summed E-state index contributed by atoms with van der Waals surface area (Å²) >= 11 is 0. The third-order valence-corrected chi connectivity index (χ3v) is 2.45. The van der Waals surface area contributed by atoms with E-state index in [1.54, 1.807) is 13.8 Å². The van der Waals surface area contributed by atoms with Crippen LogP contribution in [0.3, 0.4) is 0 Å². The van der Waals surface area contributed by atoms with Gasteiger partial charge in [0.05, 0.1) is 11.1 Å². The molecular formula is C11H11F2NO2. The van der Waals surface area contributed by atoms with Crippen molar-refractivity contribution in [3.63, 3.8) is 0 Å². The summed E-state index contributed by atoms with van der Waals surface area (Å²) in [6.45, 7) is 3.39. The van der Waals surface area contributed by atoms with Crippen molar-refractivity contribution in [3.8, 4) is 5.75 Å². The molecule has 1 amide bonds. The van der Waals surface area contributed by atoms with Gasteiger partial charge in [0, 0.05) is 12.1 Å². The van der Waals surface area contributed by atoms with E-state index < -0.39 is 17.0 Å². The van der Waals surface area contributed by atoms with Gasteiger partial charge in [-0.1, -0.05) is 0 Å². The maximum Gasteiger partial charge on any atom is 0.233 e. The number of carbonyl (C=O) groups is 1. The van der Waals surface area contributed by atoms with Crippen LogP contribution in [0.5, 0.6) is 5.75 Å². The molecule has 0 saturated carbocycles. The molecule has 1 aromatic rings. The van der Waals surface area contributed by atoms with Crippen molar-refractivity contribution in [2.45, 2.75) is 13.8 Å². The Morgan fingerprint density at radius 1 is 1.38 bits per heavy atom. The molecule has 1 N–H and O–H groups in total. The molecule has 0 bridgehead atoms. The minimum absolute atomic E-state index is 0.0353. The normalized spacial score (nSPS) is 18.1. The number of nitrogens with one attached hydrogen (secondary N) is 1. The highest BCUT2D eigenvalue weighted by Crippen LogP contribution is 2.34. The Bertz CT molecular complexity index is 458. The number of ether oxygens (including phenoxy) is 1. The van der Waals surface area contributed by atoms with Gasteiger partial charge in [-0.3, -0.25) is 4.79 Å². The zero-order chi connectivity index (χ0) is 11.9. The van der Waals surface area contributed by atoms with Crippen LogP contribution in [0.25, 0.3) is 0 Å². The first-order chi connectivity index (χ1) is 7.40. The van der Waals surface area contributed by atoms with Crippen molar-refractivity contribution < 1.29 is 18.3 Å². The molecule has 1 aromatic carbocycles. The summed E-state index contributed by atoms with van der Waals surface area (Å²) in [4.78, 5) is 11.7. The highest BCUT2D eigenvalue weighted by atomic mass is 19.1. The minimum atomic E-state index is -0.812. The fraction of sp³-hybridized carbons (Fsp3) is 0.364. The number of rotatable bonds is 0. The molecule has 0 aromatic heterocycles. The quantitative estimate of drug-likeness (QED) is 0.738. The van der Waals surface area contributed by atoms with E-state index in [9.17, 15) is 13.6 Å². The van der Waals surface area contributed by atoms with Crippen LogP contribution in [0.4, 0.5) is 14.5 Å². The van der Waals surface area contributed by atoms with Crippen LogP contribution in [0.15, 0.2) is 12.1 Å². The molecule has 5 heteroatoms. The second kappa shape index (κ2) is 3.43. The van der Waals surface area contributed by atoms with E-state index >= 15 is 0 Å². The summed E-state index contributed by atoms with van der Waals surface area (Å²) in [5.41, 5.74) is -0.741. The predicted octanol–water partition coefficient (Wildman–Crippen LogP) is 2.32. The first kappa shape index (κ1) is 10.9. The molecule has 1 heterocycles. The lowest BCUT2D eigenvalue weighted by Gasteiger charge is -2.18. The lowest BCUT2D eigenvalue weighted by molar-refractivity contribution is -0.124. The Labute approximate surface area is 91.4 Å². The van der Waals surface area contributed by atoms with Crippen molar-refractivity contribution in [1.29, 1.82) is 0 Å². The molecule has 0 unspecified atom stereocenters. The maximum absolute atomic E-state index is 13.4. The van der Waals surface area contributed by atoms with Crippen molar-refractivity contribution in [2.24, 2.45) is 5.41 Å². The number of fused-ring (bicyclic) bond motifs is 1. The van der Waals surface area contributed by atoms with E-state index in [0.717, 1.165) is 12.1 Å². The lowest BCUT2D eigenvalue weighted by Crippen LogP contribution is -2.33. The van der Waals surface area contributed by atoms with Crippen molar-refractivity contribution >= 4 is 11.6 Å².